The van der Waals surface area contributed by atoms with Crippen LogP contribution in [0.25, 0.3) is 11.1 Å². The van der Waals surface area contributed by atoms with E-state index < -0.39 is 0 Å². The van der Waals surface area contributed by atoms with E-state index in [1.807, 2.05) is 55.5 Å². The lowest BCUT2D eigenvalue weighted by atomic mass is 10.0. The lowest BCUT2D eigenvalue weighted by Gasteiger charge is -2.03. The van der Waals surface area contributed by atoms with Gasteiger partial charge in [0.05, 0.1) is 11.6 Å². The zero-order valence-corrected chi connectivity index (χ0v) is 12.6. The van der Waals surface area contributed by atoms with Crippen molar-refractivity contribution in [2.24, 2.45) is 5.73 Å². The number of nitrogens with zero attached hydrogens (tertiary/aromatic N) is 1. The van der Waals surface area contributed by atoms with Crippen LogP contribution < -0.4 is 5.73 Å². The van der Waals surface area contributed by atoms with Crippen molar-refractivity contribution in [2.75, 3.05) is 0 Å². The Morgan fingerprint density at radius 2 is 1.70 bits per heavy atom. The third kappa shape index (κ3) is 5.05. The lowest BCUT2D eigenvalue weighted by Crippen LogP contribution is -2.11. The smallest absolute Gasteiger partial charge is 0.0998 e. The summed E-state index contributed by atoms with van der Waals surface area (Å²) in [5, 5.41) is 9.66. The van der Waals surface area contributed by atoms with Crippen molar-refractivity contribution in [3.8, 4) is 17.2 Å². The molecule has 0 amide bonds. The van der Waals surface area contributed by atoms with Crippen molar-refractivity contribution < 1.29 is 0 Å². The fourth-order valence-electron chi connectivity index (χ4n) is 1.46. The molecule has 2 rings (SSSR count). The van der Waals surface area contributed by atoms with Crippen LogP contribution >= 0.6 is 11.6 Å². The first-order chi connectivity index (χ1) is 9.58. The normalized spacial score (nSPS) is 10.9. The molecule has 0 spiro atoms. The Kier molecular flexibility index (Phi) is 6.79. The molecule has 1 unspecified atom stereocenters. The van der Waals surface area contributed by atoms with Crippen LogP contribution in [-0.2, 0) is 0 Å². The predicted octanol–water partition coefficient (Wildman–Crippen LogP) is 4.62. The average Bonchev–Trinajstić information content (AvgIpc) is 2.48. The molecule has 0 aromatic heterocycles. The summed E-state index contributed by atoms with van der Waals surface area (Å²) in [5.74, 6) is 0. The van der Waals surface area contributed by atoms with Gasteiger partial charge in [-0.1, -0.05) is 48.9 Å². The summed E-state index contributed by atoms with van der Waals surface area (Å²) in [4.78, 5) is 0. The number of benzene rings is 2. The van der Waals surface area contributed by atoms with E-state index >= 15 is 0 Å². The van der Waals surface area contributed by atoms with E-state index in [-0.39, 0.29) is 0 Å². The summed E-state index contributed by atoms with van der Waals surface area (Å²) in [6.45, 7) is 4.07. The van der Waals surface area contributed by atoms with Gasteiger partial charge < -0.3 is 5.73 Å². The zero-order chi connectivity index (χ0) is 15.0. The van der Waals surface area contributed by atoms with Crippen molar-refractivity contribution in [1.82, 2.24) is 0 Å². The average molecular weight is 287 g/mol. The molecule has 0 saturated heterocycles. The molecule has 0 aliphatic rings. The Morgan fingerprint density at radius 1 is 1.15 bits per heavy atom. The fourth-order valence-corrected chi connectivity index (χ4v) is 1.59. The van der Waals surface area contributed by atoms with Gasteiger partial charge in [0, 0.05) is 11.1 Å². The highest BCUT2D eigenvalue weighted by atomic mass is 35.5. The van der Waals surface area contributed by atoms with Gasteiger partial charge >= 0.3 is 0 Å². The minimum Gasteiger partial charge on any atom is -0.328 e. The molecule has 0 heterocycles. The molecule has 1 atom stereocenters. The number of hydrogen-bond acceptors (Lipinski definition) is 2. The first-order valence-electron chi connectivity index (χ1n) is 6.59. The summed E-state index contributed by atoms with van der Waals surface area (Å²) < 4.78 is 0. The van der Waals surface area contributed by atoms with Gasteiger partial charge in [-0.2, -0.15) is 5.26 Å². The second-order valence-electron chi connectivity index (χ2n) is 4.55. The molecule has 3 heteroatoms. The number of halogens is 1. The van der Waals surface area contributed by atoms with E-state index in [9.17, 15) is 0 Å². The highest BCUT2D eigenvalue weighted by Crippen LogP contribution is 2.24. The van der Waals surface area contributed by atoms with Gasteiger partial charge in [-0.25, -0.2) is 0 Å². The summed E-state index contributed by atoms with van der Waals surface area (Å²) in [7, 11) is 0. The second-order valence-corrected chi connectivity index (χ2v) is 4.99. The lowest BCUT2D eigenvalue weighted by molar-refractivity contribution is 0.715. The maximum absolute atomic E-state index is 8.96. The van der Waals surface area contributed by atoms with Crippen LogP contribution in [-0.4, -0.2) is 6.04 Å². The summed E-state index contributed by atoms with van der Waals surface area (Å²) in [6, 6.07) is 17.6. The van der Waals surface area contributed by atoms with E-state index in [0.717, 1.165) is 17.5 Å². The SMILES string of the molecule is CCC(C)N.N#Cc1ccccc1-c1ccc(Cl)cc1. The Morgan fingerprint density at radius 3 is 2.20 bits per heavy atom. The molecular weight excluding hydrogens is 268 g/mol. The minimum atomic E-state index is 0.384. The van der Waals surface area contributed by atoms with Crippen LogP contribution in [0.5, 0.6) is 0 Å². The molecule has 0 fully saturated rings. The van der Waals surface area contributed by atoms with Gasteiger partial charge in [-0.05, 0) is 42.7 Å². The number of hydrogen-bond donors (Lipinski definition) is 1. The number of nitrogens with two attached hydrogens (primary N) is 1. The Labute approximate surface area is 125 Å². The van der Waals surface area contributed by atoms with E-state index in [1.165, 1.54) is 0 Å². The van der Waals surface area contributed by atoms with Crippen LogP contribution in [0.2, 0.25) is 5.02 Å². The first kappa shape index (κ1) is 16.2. The molecule has 2 N–H and O–H groups in total. The molecule has 2 aromatic carbocycles. The fraction of sp³-hybridized carbons (Fsp3) is 0.235. The van der Waals surface area contributed by atoms with Crippen LogP contribution in [0.4, 0.5) is 0 Å². The number of nitriles is 1. The minimum absolute atomic E-state index is 0.384. The zero-order valence-electron chi connectivity index (χ0n) is 11.8. The van der Waals surface area contributed by atoms with Crippen LogP contribution in [0, 0.1) is 11.3 Å². The van der Waals surface area contributed by atoms with Crippen LogP contribution in [0.1, 0.15) is 25.8 Å². The maximum Gasteiger partial charge on any atom is 0.0998 e. The molecule has 2 nitrogen and oxygen atoms in total. The molecule has 20 heavy (non-hydrogen) atoms. The summed E-state index contributed by atoms with van der Waals surface area (Å²) in [5.41, 5.74) is 7.92. The molecule has 2 aromatic rings. The Hall–Kier alpha value is -1.82. The van der Waals surface area contributed by atoms with Crippen molar-refractivity contribution in [3.05, 3.63) is 59.1 Å². The van der Waals surface area contributed by atoms with E-state index in [1.54, 1.807) is 0 Å². The summed E-state index contributed by atoms with van der Waals surface area (Å²) in [6.07, 6.45) is 1.08. The van der Waals surface area contributed by atoms with Crippen molar-refractivity contribution in [2.45, 2.75) is 26.3 Å². The Bertz CT molecular complexity index is 568. The molecule has 0 radical (unpaired) electrons. The molecule has 104 valence electrons. The molecule has 0 saturated carbocycles. The topological polar surface area (TPSA) is 49.8 Å². The van der Waals surface area contributed by atoms with Gasteiger partial charge in [-0.15, -0.1) is 0 Å². The van der Waals surface area contributed by atoms with Crippen molar-refractivity contribution in [3.63, 3.8) is 0 Å². The molecular formula is C17H19ClN2. The molecule has 0 aliphatic carbocycles. The van der Waals surface area contributed by atoms with Gasteiger partial charge in [0.2, 0.25) is 0 Å². The number of rotatable bonds is 2. The van der Waals surface area contributed by atoms with Crippen molar-refractivity contribution in [1.29, 1.82) is 5.26 Å². The van der Waals surface area contributed by atoms with Gasteiger partial charge in [0.1, 0.15) is 0 Å². The predicted molar refractivity (Wildman–Crippen MR) is 85.5 cm³/mol. The first-order valence-corrected chi connectivity index (χ1v) is 6.97. The van der Waals surface area contributed by atoms with Crippen LogP contribution in [0.3, 0.4) is 0 Å². The highest BCUT2D eigenvalue weighted by molar-refractivity contribution is 6.30. The summed E-state index contributed by atoms with van der Waals surface area (Å²) >= 11 is 5.81. The standard InChI is InChI=1S/C13H8ClN.C4H11N/c14-12-7-5-10(6-8-12)13-4-2-1-3-11(13)9-15;1-3-4(2)5/h1-8H;4H,3,5H2,1-2H3. The monoisotopic (exact) mass is 286 g/mol. The van der Waals surface area contributed by atoms with E-state index in [4.69, 9.17) is 22.6 Å². The van der Waals surface area contributed by atoms with Gasteiger partial charge in [0.15, 0.2) is 0 Å². The van der Waals surface area contributed by atoms with Gasteiger partial charge in [-0.3, -0.25) is 0 Å². The highest BCUT2D eigenvalue weighted by Gasteiger charge is 2.02. The van der Waals surface area contributed by atoms with E-state index in [0.29, 0.717) is 16.6 Å². The third-order valence-electron chi connectivity index (χ3n) is 2.85. The quantitative estimate of drug-likeness (QED) is 0.875. The largest absolute Gasteiger partial charge is 0.328 e. The van der Waals surface area contributed by atoms with Crippen LogP contribution in [0.15, 0.2) is 48.5 Å². The van der Waals surface area contributed by atoms with Crippen molar-refractivity contribution >= 4 is 11.6 Å². The second kappa shape index (κ2) is 8.37. The Balaban J connectivity index is 0.000000347. The molecule has 0 bridgehead atoms. The van der Waals surface area contributed by atoms with Gasteiger partial charge in [0.25, 0.3) is 0 Å². The third-order valence-corrected chi connectivity index (χ3v) is 3.10. The van der Waals surface area contributed by atoms with E-state index in [2.05, 4.69) is 13.0 Å². The molecule has 0 aliphatic heterocycles. The maximum atomic E-state index is 8.96.